The highest BCUT2D eigenvalue weighted by Crippen LogP contribution is 2.32. The summed E-state index contributed by atoms with van der Waals surface area (Å²) in [5.74, 6) is 0. The number of nitro benzene ring substituents is 1. The van der Waals surface area contributed by atoms with Crippen LogP contribution in [0.3, 0.4) is 0 Å². The van der Waals surface area contributed by atoms with Crippen molar-refractivity contribution in [1.82, 2.24) is 9.88 Å². The minimum atomic E-state index is -0.339. The number of anilines is 1. The van der Waals surface area contributed by atoms with Gasteiger partial charge in [0.2, 0.25) is 0 Å². The van der Waals surface area contributed by atoms with Gasteiger partial charge in [-0.25, -0.2) is 4.98 Å². The first-order chi connectivity index (χ1) is 13.1. The van der Waals surface area contributed by atoms with Crippen molar-refractivity contribution in [1.29, 1.82) is 0 Å². The van der Waals surface area contributed by atoms with Gasteiger partial charge in [0, 0.05) is 68.3 Å². The maximum atomic E-state index is 11.4. The fraction of sp³-hybridized carbons (Fsp3) is 0.550. The lowest BCUT2D eigenvalue weighted by Gasteiger charge is -2.33. The molecule has 0 aliphatic carbocycles. The molecule has 0 bridgehead atoms. The zero-order chi connectivity index (χ0) is 18.8. The predicted octanol–water partition coefficient (Wildman–Crippen LogP) is 3.14. The SMILES string of the molecule is Cc1cc(N2CCCN(C3CCOCC3)CC2)c2cccc([N+](=O)[O-])c2n1. The number of fused-ring (bicyclic) bond motifs is 1. The smallest absolute Gasteiger partial charge is 0.295 e. The number of non-ortho nitro benzene ring substituents is 1. The molecule has 7 nitrogen and oxygen atoms in total. The van der Waals surface area contributed by atoms with Crippen molar-refractivity contribution in [3.05, 3.63) is 40.1 Å². The van der Waals surface area contributed by atoms with Crippen LogP contribution in [0, 0.1) is 17.0 Å². The van der Waals surface area contributed by atoms with Gasteiger partial charge in [0.1, 0.15) is 0 Å². The second-order valence-corrected chi connectivity index (χ2v) is 7.43. The Balaban J connectivity index is 1.62. The first-order valence-electron chi connectivity index (χ1n) is 9.75. The van der Waals surface area contributed by atoms with Crippen molar-refractivity contribution in [2.45, 2.75) is 32.2 Å². The average molecular weight is 370 g/mol. The highest BCUT2D eigenvalue weighted by molar-refractivity contribution is 5.97. The Hall–Kier alpha value is -2.25. The quantitative estimate of drug-likeness (QED) is 0.611. The van der Waals surface area contributed by atoms with E-state index in [1.54, 1.807) is 6.07 Å². The Bertz CT molecular complexity index is 835. The van der Waals surface area contributed by atoms with Crippen LogP contribution in [-0.4, -0.2) is 60.2 Å². The van der Waals surface area contributed by atoms with Gasteiger partial charge in [-0.15, -0.1) is 0 Å². The molecule has 0 amide bonds. The van der Waals surface area contributed by atoms with E-state index in [4.69, 9.17) is 4.74 Å². The highest BCUT2D eigenvalue weighted by Gasteiger charge is 2.25. The van der Waals surface area contributed by atoms with E-state index in [-0.39, 0.29) is 10.6 Å². The minimum Gasteiger partial charge on any atom is -0.381 e. The van der Waals surface area contributed by atoms with Gasteiger partial charge in [0.15, 0.2) is 5.52 Å². The second kappa shape index (κ2) is 7.78. The first-order valence-corrected chi connectivity index (χ1v) is 9.75. The molecule has 2 fully saturated rings. The third kappa shape index (κ3) is 3.75. The molecule has 0 radical (unpaired) electrons. The molecule has 2 saturated heterocycles. The van der Waals surface area contributed by atoms with E-state index in [0.29, 0.717) is 11.6 Å². The van der Waals surface area contributed by atoms with Crippen LogP contribution in [0.5, 0.6) is 0 Å². The van der Waals surface area contributed by atoms with E-state index in [1.165, 1.54) is 6.07 Å². The van der Waals surface area contributed by atoms with Crippen LogP contribution in [0.1, 0.15) is 25.0 Å². The number of ether oxygens (including phenoxy) is 1. The van der Waals surface area contributed by atoms with Crippen LogP contribution in [0.15, 0.2) is 24.3 Å². The summed E-state index contributed by atoms with van der Waals surface area (Å²) in [5.41, 5.74) is 2.45. The molecule has 1 aromatic carbocycles. The molecular weight excluding hydrogens is 344 g/mol. The number of benzene rings is 1. The van der Waals surface area contributed by atoms with E-state index >= 15 is 0 Å². The van der Waals surface area contributed by atoms with Crippen LogP contribution < -0.4 is 4.90 Å². The molecular formula is C20H26N4O3. The third-order valence-corrected chi connectivity index (χ3v) is 5.70. The Morgan fingerprint density at radius 3 is 2.78 bits per heavy atom. The zero-order valence-electron chi connectivity index (χ0n) is 15.8. The topological polar surface area (TPSA) is 71.7 Å². The van der Waals surface area contributed by atoms with Crippen LogP contribution >= 0.6 is 0 Å². The fourth-order valence-electron chi connectivity index (χ4n) is 4.34. The Morgan fingerprint density at radius 2 is 2.00 bits per heavy atom. The first kappa shape index (κ1) is 18.1. The number of hydrogen-bond acceptors (Lipinski definition) is 6. The number of nitro groups is 1. The summed E-state index contributed by atoms with van der Waals surface area (Å²) < 4.78 is 5.51. The molecule has 27 heavy (non-hydrogen) atoms. The van der Waals surface area contributed by atoms with Crippen LogP contribution in [-0.2, 0) is 4.74 Å². The Kier molecular flexibility index (Phi) is 5.22. The molecule has 0 unspecified atom stereocenters. The molecule has 2 aliphatic heterocycles. The summed E-state index contributed by atoms with van der Waals surface area (Å²) in [6, 6.07) is 7.93. The third-order valence-electron chi connectivity index (χ3n) is 5.70. The molecule has 2 aliphatic rings. The number of hydrogen-bond donors (Lipinski definition) is 0. The van der Waals surface area contributed by atoms with Gasteiger partial charge < -0.3 is 9.64 Å². The van der Waals surface area contributed by atoms with Crippen molar-refractivity contribution < 1.29 is 9.66 Å². The largest absolute Gasteiger partial charge is 0.381 e. The van der Waals surface area contributed by atoms with Crippen molar-refractivity contribution in [2.75, 3.05) is 44.3 Å². The number of aryl methyl sites for hydroxylation is 1. The summed E-state index contributed by atoms with van der Waals surface area (Å²) in [4.78, 5) is 20.5. The zero-order valence-corrected chi connectivity index (χ0v) is 15.8. The van der Waals surface area contributed by atoms with Crippen LogP contribution in [0.4, 0.5) is 11.4 Å². The monoisotopic (exact) mass is 370 g/mol. The Morgan fingerprint density at radius 1 is 1.19 bits per heavy atom. The minimum absolute atomic E-state index is 0.0797. The summed E-state index contributed by atoms with van der Waals surface area (Å²) in [6.45, 7) is 7.64. The predicted molar refractivity (Wildman–Crippen MR) is 105 cm³/mol. The summed E-state index contributed by atoms with van der Waals surface area (Å²) in [6.07, 6.45) is 3.32. The number of rotatable bonds is 3. The maximum Gasteiger partial charge on any atom is 0.295 e. The van der Waals surface area contributed by atoms with Crippen molar-refractivity contribution in [3.63, 3.8) is 0 Å². The normalized spacial score (nSPS) is 20.0. The van der Waals surface area contributed by atoms with E-state index in [1.807, 2.05) is 13.0 Å². The molecule has 4 rings (SSSR count). The number of para-hydroxylation sites is 1. The van der Waals surface area contributed by atoms with E-state index in [2.05, 4.69) is 20.9 Å². The molecule has 1 aromatic heterocycles. The summed E-state index contributed by atoms with van der Waals surface area (Å²) >= 11 is 0. The van der Waals surface area contributed by atoms with Crippen molar-refractivity contribution in [3.8, 4) is 0 Å². The molecule has 7 heteroatoms. The molecule has 0 atom stereocenters. The fourth-order valence-corrected chi connectivity index (χ4v) is 4.34. The van der Waals surface area contributed by atoms with Crippen LogP contribution in [0.2, 0.25) is 0 Å². The van der Waals surface area contributed by atoms with E-state index in [9.17, 15) is 10.1 Å². The van der Waals surface area contributed by atoms with E-state index < -0.39 is 0 Å². The lowest BCUT2D eigenvalue weighted by molar-refractivity contribution is -0.383. The molecule has 0 spiro atoms. The van der Waals surface area contributed by atoms with Crippen molar-refractivity contribution in [2.24, 2.45) is 0 Å². The standard InChI is InChI=1S/C20H26N4O3/c1-15-14-19(17-4-2-5-18(24(25)26)20(17)21-15)23-9-3-8-22(10-11-23)16-6-12-27-13-7-16/h2,4-5,14,16H,3,6-13H2,1H3. The highest BCUT2D eigenvalue weighted by atomic mass is 16.6. The summed E-state index contributed by atoms with van der Waals surface area (Å²) in [7, 11) is 0. The molecule has 2 aromatic rings. The van der Waals surface area contributed by atoms with Crippen LogP contribution in [0.25, 0.3) is 10.9 Å². The van der Waals surface area contributed by atoms with Gasteiger partial charge in [-0.1, -0.05) is 12.1 Å². The molecule has 3 heterocycles. The van der Waals surface area contributed by atoms with Crippen molar-refractivity contribution >= 4 is 22.3 Å². The second-order valence-electron chi connectivity index (χ2n) is 7.43. The lowest BCUT2D eigenvalue weighted by atomic mass is 10.1. The Labute approximate surface area is 159 Å². The number of pyridine rings is 1. The molecule has 144 valence electrons. The van der Waals surface area contributed by atoms with Gasteiger partial charge in [-0.3, -0.25) is 15.0 Å². The average Bonchev–Trinajstić information content (AvgIpc) is 2.93. The van der Waals surface area contributed by atoms with Gasteiger partial charge >= 0.3 is 0 Å². The van der Waals surface area contributed by atoms with Gasteiger partial charge in [-0.05, 0) is 32.3 Å². The summed E-state index contributed by atoms with van der Waals surface area (Å²) in [5, 5.41) is 12.3. The number of aromatic nitrogens is 1. The van der Waals surface area contributed by atoms with Gasteiger partial charge in [0.25, 0.3) is 5.69 Å². The maximum absolute atomic E-state index is 11.4. The molecule has 0 saturated carbocycles. The molecule has 0 N–H and O–H groups in total. The lowest BCUT2D eigenvalue weighted by Crippen LogP contribution is -2.41. The van der Waals surface area contributed by atoms with Gasteiger partial charge in [-0.2, -0.15) is 0 Å². The van der Waals surface area contributed by atoms with Gasteiger partial charge in [0.05, 0.1) is 4.92 Å². The van der Waals surface area contributed by atoms with E-state index in [0.717, 1.165) is 75.4 Å². The number of nitrogens with zero attached hydrogens (tertiary/aromatic N) is 4.